The Morgan fingerprint density at radius 3 is 1.38 bits per heavy atom. The molecule has 0 saturated carbocycles. The van der Waals surface area contributed by atoms with Gasteiger partial charge >= 0.3 is 0 Å². The molecular formula is C37H40O5. The molecular weight excluding hydrogens is 524 g/mol. The van der Waals surface area contributed by atoms with Gasteiger partial charge in [-0.15, -0.1) is 6.58 Å². The molecule has 0 spiro atoms. The number of rotatable bonds is 18. The number of hydrogen-bond donors (Lipinski definition) is 1. The molecule has 4 atom stereocenters. The van der Waals surface area contributed by atoms with Gasteiger partial charge in [-0.1, -0.05) is 134 Å². The summed E-state index contributed by atoms with van der Waals surface area (Å²) in [6, 6.07) is 39.7. The van der Waals surface area contributed by atoms with Crippen LogP contribution in [0.3, 0.4) is 0 Å². The van der Waals surface area contributed by atoms with E-state index in [0.717, 1.165) is 22.3 Å². The zero-order chi connectivity index (χ0) is 29.4. The van der Waals surface area contributed by atoms with E-state index in [1.165, 1.54) is 6.08 Å². The van der Waals surface area contributed by atoms with E-state index in [-0.39, 0.29) is 13.2 Å². The van der Waals surface area contributed by atoms with Gasteiger partial charge in [0.15, 0.2) is 0 Å². The molecule has 0 bridgehead atoms. The summed E-state index contributed by atoms with van der Waals surface area (Å²) in [6.45, 7) is 9.79. The van der Waals surface area contributed by atoms with Crippen LogP contribution in [0.5, 0.6) is 0 Å². The lowest BCUT2D eigenvalue weighted by Gasteiger charge is -2.36. The van der Waals surface area contributed by atoms with Gasteiger partial charge in [0.2, 0.25) is 0 Å². The van der Waals surface area contributed by atoms with Crippen LogP contribution in [0.15, 0.2) is 146 Å². The normalized spacial score (nSPS) is 14.0. The lowest BCUT2D eigenvalue weighted by atomic mass is 9.97. The molecule has 4 aromatic carbocycles. The Kier molecular flexibility index (Phi) is 12.7. The van der Waals surface area contributed by atoms with Crippen LogP contribution in [-0.2, 0) is 45.4 Å². The Bertz CT molecular complexity index is 1310. The summed E-state index contributed by atoms with van der Waals surface area (Å²) in [5.41, 5.74) is 4.73. The van der Waals surface area contributed by atoms with Crippen molar-refractivity contribution in [3.8, 4) is 0 Å². The molecule has 0 fully saturated rings. The lowest BCUT2D eigenvalue weighted by Crippen LogP contribution is -2.49. The molecule has 0 aliphatic rings. The third kappa shape index (κ3) is 9.91. The molecule has 0 amide bonds. The lowest BCUT2D eigenvalue weighted by molar-refractivity contribution is -0.165. The van der Waals surface area contributed by atoms with Crippen LogP contribution in [-0.4, -0.2) is 36.1 Å². The highest BCUT2D eigenvalue weighted by atomic mass is 16.6. The topological polar surface area (TPSA) is 57.2 Å². The van der Waals surface area contributed by atoms with E-state index in [1.807, 2.05) is 121 Å². The van der Waals surface area contributed by atoms with Crippen molar-refractivity contribution in [2.75, 3.05) is 6.61 Å². The van der Waals surface area contributed by atoms with Crippen LogP contribution in [0.1, 0.15) is 22.3 Å². The zero-order valence-electron chi connectivity index (χ0n) is 24.0. The van der Waals surface area contributed by atoms with E-state index in [2.05, 4.69) is 13.2 Å². The second-order valence-electron chi connectivity index (χ2n) is 10.1. The van der Waals surface area contributed by atoms with E-state index in [0.29, 0.717) is 25.4 Å². The quantitative estimate of drug-likeness (QED) is 0.131. The van der Waals surface area contributed by atoms with Crippen molar-refractivity contribution in [1.29, 1.82) is 0 Å². The number of benzene rings is 4. The van der Waals surface area contributed by atoms with Crippen molar-refractivity contribution in [3.63, 3.8) is 0 Å². The van der Waals surface area contributed by atoms with Gasteiger partial charge in [0.1, 0.15) is 24.4 Å². The summed E-state index contributed by atoms with van der Waals surface area (Å²) in [6.07, 6.45) is -1.72. The number of aliphatic hydroxyl groups excluding tert-OH is 1. The SMILES string of the molecule is C=C[C@@H](O)[C@H](OCc1ccccc1)[C@@H](OCc1ccccc1)[C@H](OCc1ccccc1)C(=C)COCc1ccccc1. The van der Waals surface area contributed by atoms with E-state index in [4.69, 9.17) is 18.9 Å². The average Bonchev–Trinajstić information content (AvgIpc) is 3.05. The van der Waals surface area contributed by atoms with Crippen molar-refractivity contribution in [3.05, 3.63) is 168 Å². The van der Waals surface area contributed by atoms with Crippen LogP contribution < -0.4 is 0 Å². The Morgan fingerprint density at radius 2 is 0.952 bits per heavy atom. The van der Waals surface area contributed by atoms with Crippen LogP contribution >= 0.6 is 0 Å². The fourth-order valence-electron chi connectivity index (χ4n) is 4.57. The van der Waals surface area contributed by atoms with E-state index in [9.17, 15) is 5.11 Å². The Balaban J connectivity index is 1.60. The molecule has 0 aliphatic heterocycles. The van der Waals surface area contributed by atoms with Crippen LogP contribution in [0.4, 0.5) is 0 Å². The zero-order valence-corrected chi connectivity index (χ0v) is 24.0. The van der Waals surface area contributed by atoms with E-state index < -0.39 is 24.4 Å². The van der Waals surface area contributed by atoms with Crippen molar-refractivity contribution in [1.82, 2.24) is 0 Å². The molecule has 0 heterocycles. The molecule has 5 nitrogen and oxygen atoms in total. The molecule has 0 unspecified atom stereocenters. The average molecular weight is 565 g/mol. The van der Waals surface area contributed by atoms with Gasteiger partial charge in [-0.2, -0.15) is 0 Å². The summed E-state index contributed by atoms with van der Waals surface area (Å²) >= 11 is 0. The largest absolute Gasteiger partial charge is 0.386 e. The van der Waals surface area contributed by atoms with Crippen LogP contribution in [0.25, 0.3) is 0 Å². The fraction of sp³-hybridized carbons (Fsp3) is 0.243. The number of ether oxygens (including phenoxy) is 4. The highest BCUT2D eigenvalue weighted by Crippen LogP contribution is 2.25. The summed E-state index contributed by atoms with van der Waals surface area (Å²) in [5, 5.41) is 11.2. The minimum Gasteiger partial charge on any atom is -0.386 e. The van der Waals surface area contributed by atoms with E-state index >= 15 is 0 Å². The van der Waals surface area contributed by atoms with Gasteiger partial charge in [0.05, 0.1) is 33.0 Å². The maximum Gasteiger partial charge on any atom is 0.117 e. The van der Waals surface area contributed by atoms with Crippen molar-refractivity contribution in [2.45, 2.75) is 50.8 Å². The minimum atomic E-state index is -1.02. The Morgan fingerprint density at radius 1 is 0.571 bits per heavy atom. The van der Waals surface area contributed by atoms with Crippen molar-refractivity contribution in [2.24, 2.45) is 0 Å². The molecule has 5 heteroatoms. The molecule has 218 valence electrons. The Labute approximate surface area is 249 Å². The summed E-state index contributed by atoms with van der Waals surface area (Å²) in [7, 11) is 0. The highest BCUT2D eigenvalue weighted by molar-refractivity contribution is 5.18. The number of hydrogen-bond acceptors (Lipinski definition) is 5. The standard InChI is InChI=1S/C37H40O5/c1-3-34(38)36(41-27-32-20-12-6-13-21-32)37(42-28-33-22-14-7-15-23-33)35(40-26-31-18-10-5-11-19-31)29(2)24-39-25-30-16-8-4-9-17-30/h3-23,34-38H,1-2,24-28H2/t34-,35-,36+,37+/m1/s1. The van der Waals surface area contributed by atoms with Crippen LogP contribution in [0.2, 0.25) is 0 Å². The van der Waals surface area contributed by atoms with Gasteiger partial charge in [-0.3, -0.25) is 0 Å². The predicted octanol–water partition coefficient (Wildman–Crippen LogP) is 7.06. The van der Waals surface area contributed by atoms with Crippen LogP contribution in [0, 0.1) is 0 Å². The molecule has 4 aromatic rings. The molecule has 1 N–H and O–H groups in total. The van der Waals surface area contributed by atoms with Gasteiger partial charge in [0, 0.05) is 0 Å². The van der Waals surface area contributed by atoms with Crippen molar-refractivity contribution < 1.29 is 24.1 Å². The third-order valence-corrected chi connectivity index (χ3v) is 6.84. The highest BCUT2D eigenvalue weighted by Gasteiger charge is 2.37. The van der Waals surface area contributed by atoms with Gasteiger partial charge in [-0.25, -0.2) is 0 Å². The first-order chi connectivity index (χ1) is 20.6. The van der Waals surface area contributed by atoms with Gasteiger partial charge < -0.3 is 24.1 Å². The first-order valence-electron chi connectivity index (χ1n) is 14.2. The summed E-state index contributed by atoms with van der Waals surface area (Å²) in [5.74, 6) is 0. The Hall–Kier alpha value is -3.84. The third-order valence-electron chi connectivity index (χ3n) is 6.84. The van der Waals surface area contributed by atoms with Gasteiger partial charge in [0.25, 0.3) is 0 Å². The molecule has 0 aliphatic carbocycles. The molecule has 0 radical (unpaired) electrons. The first-order valence-corrected chi connectivity index (χ1v) is 14.2. The second kappa shape index (κ2) is 17.2. The molecule has 4 rings (SSSR count). The molecule has 42 heavy (non-hydrogen) atoms. The molecule has 0 aromatic heterocycles. The predicted molar refractivity (Wildman–Crippen MR) is 166 cm³/mol. The fourth-order valence-corrected chi connectivity index (χ4v) is 4.57. The maximum absolute atomic E-state index is 11.2. The minimum absolute atomic E-state index is 0.245. The smallest absolute Gasteiger partial charge is 0.117 e. The first kappa shape index (κ1) is 31.1. The summed E-state index contributed by atoms with van der Waals surface area (Å²) in [4.78, 5) is 0. The maximum atomic E-state index is 11.2. The van der Waals surface area contributed by atoms with E-state index in [1.54, 1.807) is 0 Å². The van der Waals surface area contributed by atoms with Gasteiger partial charge in [-0.05, 0) is 27.8 Å². The second-order valence-corrected chi connectivity index (χ2v) is 10.1. The molecule has 0 saturated heterocycles. The number of aliphatic hydroxyl groups is 1. The summed E-state index contributed by atoms with van der Waals surface area (Å²) < 4.78 is 25.5. The monoisotopic (exact) mass is 564 g/mol. The van der Waals surface area contributed by atoms with Crippen molar-refractivity contribution >= 4 is 0 Å².